The molecule has 132 valence electrons. The number of rotatable bonds is 8. The Labute approximate surface area is 155 Å². The molecule has 0 aliphatic heterocycles. The first-order valence-corrected chi connectivity index (χ1v) is 8.88. The lowest BCUT2D eigenvalue weighted by molar-refractivity contribution is 0.125. The quantitative estimate of drug-likeness (QED) is 0.486. The van der Waals surface area contributed by atoms with Gasteiger partial charge < -0.3 is 9.47 Å². The number of benzene rings is 3. The summed E-state index contributed by atoms with van der Waals surface area (Å²) in [6.07, 6.45) is 3.10. The summed E-state index contributed by atoms with van der Waals surface area (Å²) in [6.45, 7) is 1.34. The first kappa shape index (κ1) is 18.0. The van der Waals surface area contributed by atoms with Crippen LogP contribution in [0.15, 0.2) is 91.0 Å². The molecule has 0 aliphatic carbocycles. The smallest absolute Gasteiger partial charge is 0.119 e. The van der Waals surface area contributed by atoms with Crippen LogP contribution in [-0.2, 0) is 11.3 Å². The third-order valence-electron chi connectivity index (χ3n) is 4.19. The SMILES string of the molecule is COc1cccc(/C(=C/CCOCc2ccccc2)c2ccccc2)c1. The van der Waals surface area contributed by atoms with Crippen molar-refractivity contribution in [3.63, 3.8) is 0 Å². The van der Waals surface area contributed by atoms with E-state index in [0.29, 0.717) is 13.2 Å². The van der Waals surface area contributed by atoms with Crippen molar-refractivity contribution in [2.24, 2.45) is 0 Å². The summed E-state index contributed by atoms with van der Waals surface area (Å²) < 4.78 is 11.2. The Bertz CT molecular complexity index is 823. The molecule has 0 saturated heterocycles. The van der Waals surface area contributed by atoms with Crippen molar-refractivity contribution in [1.82, 2.24) is 0 Å². The van der Waals surface area contributed by atoms with Gasteiger partial charge in [-0.1, -0.05) is 78.9 Å². The van der Waals surface area contributed by atoms with Gasteiger partial charge >= 0.3 is 0 Å². The summed E-state index contributed by atoms with van der Waals surface area (Å²) in [4.78, 5) is 0. The molecule has 0 unspecified atom stereocenters. The van der Waals surface area contributed by atoms with E-state index in [1.54, 1.807) is 7.11 Å². The van der Waals surface area contributed by atoms with E-state index in [2.05, 4.69) is 54.6 Å². The van der Waals surface area contributed by atoms with Crippen LogP contribution in [0, 0.1) is 0 Å². The number of hydrogen-bond donors (Lipinski definition) is 0. The van der Waals surface area contributed by atoms with Crippen molar-refractivity contribution >= 4 is 5.57 Å². The maximum Gasteiger partial charge on any atom is 0.119 e. The van der Waals surface area contributed by atoms with E-state index in [9.17, 15) is 0 Å². The minimum Gasteiger partial charge on any atom is -0.497 e. The Morgan fingerprint density at radius 1 is 0.808 bits per heavy atom. The Balaban J connectivity index is 1.70. The Kier molecular flexibility index (Phi) is 6.63. The molecule has 0 aliphatic rings. The minimum atomic E-state index is 0.647. The molecule has 0 heterocycles. The number of ether oxygens (including phenoxy) is 2. The van der Waals surface area contributed by atoms with Crippen LogP contribution in [0.4, 0.5) is 0 Å². The summed E-state index contributed by atoms with van der Waals surface area (Å²) in [5.41, 5.74) is 4.75. The van der Waals surface area contributed by atoms with Crippen molar-refractivity contribution in [2.75, 3.05) is 13.7 Å². The molecular formula is C24H24O2. The van der Waals surface area contributed by atoms with E-state index in [1.165, 1.54) is 16.7 Å². The van der Waals surface area contributed by atoms with Crippen LogP contribution in [-0.4, -0.2) is 13.7 Å². The van der Waals surface area contributed by atoms with Crippen molar-refractivity contribution in [2.45, 2.75) is 13.0 Å². The molecule has 0 spiro atoms. The van der Waals surface area contributed by atoms with Crippen LogP contribution < -0.4 is 4.74 Å². The van der Waals surface area contributed by atoms with E-state index in [-0.39, 0.29) is 0 Å². The molecule has 26 heavy (non-hydrogen) atoms. The molecular weight excluding hydrogens is 320 g/mol. The van der Waals surface area contributed by atoms with Gasteiger partial charge in [0.1, 0.15) is 5.75 Å². The van der Waals surface area contributed by atoms with Crippen molar-refractivity contribution in [3.05, 3.63) is 108 Å². The molecule has 2 heteroatoms. The van der Waals surface area contributed by atoms with Crippen molar-refractivity contribution in [1.29, 1.82) is 0 Å². The molecule has 0 atom stereocenters. The van der Waals surface area contributed by atoms with Gasteiger partial charge in [0.15, 0.2) is 0 Å². The number of methoxy groups -OCH3 is 1. The van der Waals surface area contributed by atoms with Gasteiger partial charge in [-0.2, -0.15) is 0 Å². The summed E-state index contributed by atoms with van der Waals surface area (Å²) in [6, 6.07) is 28.9. The van der Waals surface area contributed by atoms with Gasteiger partial charge in [0.05, 0.1) is 20.3 Å². The fourth-order valence-corrected chi connectivity index (χ4v) is 2.86. The van der Waals surface area contributed by atoms with Gasteiger partial charge in [-0.05, 0) is 40.8 Å². The minimum absolute atomic E-state index is 0.647. The fraction of sp³-hybridized carbons (Fsp3) is 0.167. The maximum absolute atomic E-state index is 5.82. The molecule has 0 amide bonds. The predicted octanol–water partition coefficient (Wildman–Crippen LogP) is 5.73. The lowest BCUT2D eigenvalue weighted by atomic mass is 9.97. The molecule has 0 fully saturated rings. The van der Waals surface area contributed by atoms with Crippen LogP contribution in [0.1, 0.15) is 23.1 Å². The molecule has 3 rings (SSSR count). The first-order chi connectivity index (χ1) is 12.9. The van der Waals surface area contributed by atoms with Gasteiger partial charge in [0.2, 0.25) is 0 Å². The second-order valence-corrected chi connectivity index (χ2v) is 6.04. The molecule has 0 aromatic heterocycles. The standard InChI is InChI=1S/C24H24O2/c1-25-23-15-8-14-22(18-23)24(21-12-6-3-7-13-21)16-9-17-26-19-20-10-4-2-5-11-20/h2-8,10-16,18H,9,17,19H2,1H3/b24-16+. The monoisotopic (exact) mass is 344 g/mol. The highest BCUT2D eigenvalue weighted by atomic mass is 16.5. The lowest BCUT2D eigenvalue weighted by Crippen LogP contribution is -1.95. The largest absolute Gasteiger partial charge is 0.497 e. The summed E-state index contributed by atoms with van der Waals surface area (Å²) in [7, 11) is 1.70. The van der Waals surface area contributed by atoms with Gasteiger partial charge in [-0.25, -0.2) is 0 Å². The third-order valence-corrected chi connectivity index (χ3v) is 4.19. The zero-order valence-electron chi connectivity index (χ0n) is 15.1. The Morgan fingerprint density at radius 2 is 1.50 bits per heavy atom. The Morgan fingerprint density at radius 3 is 2.23 bits per heavy atom. The molecule has 3 aromatic carbocycles. The predicted molar refractivity (Wildman–Crippen MR) is 107 cm³/mol. The second kappa shape index (κ2) is 9.59. The lowest BCUT2D eigenvalue weighted by Gasteiger charge is -2.11. The highest BCUT2D eigenvalue weighted by molar-refractivity contribution is 5.80. The number of hydrogen-bond acceptors (Lipinski definition) is 2. The van der Waals surface area contributed by atoms with Gasteiger partial charge in [0, 0.05) is 0 Å². The van der Waals surface area contributed by atoms with Gasteiger partial charge in [-0.15, -0.1) is 0 Å². The highest BCUT2D eigenvalue weighted by Crippen LogP contribution is 2.26. The average molecular weight is 344 g/mol. The van der Waals surface area contributed by atoms with E-state index >= 15 is 0 Å². The molecule has 3 aromatic rings. The summed E-state index contributed by atoms with van der Waals surface area (Å²) in [5.74, 6) is 0.865. The normalized spacial score (nSPS) is 11.3. The topological polar surface area (TPSA) is 18.5 Å². The molecule has 0 N–H and O–H groups in total. The average Bonchev–Trinajstić information content (AvgIpc) is 2.72. The van der Waals surface area contributed by atoms with Crippen molar-refractivity contribution < 1.29 is 9.47 Å². The van der Waals surface area contributed by atoms with Gasteiger partial charge in [0.25, 0.3) is 0 Å². The Hall–Kier alpha value is -2.84. The van der Waals surface area contributed by atoms with Crippen LogP contribution >= 0.6 is 0 Å². The van der Waals surface area contributed by atoms with Crippen LogP contribution in [0.25, 0.3) is 5.57 Å². The van der Waals surface area contributed by atoms with E-state index in [1.807, 2.05) is 36.4 Å². The summed E-state index contributed by atoms with van der Waals surface area (Å²) in [5, 5.41) is 0. The first-order valence-electron chi connectivity index (χ1n) is 8.88. The molecule has 2 nitrogen and oxygen atoms in total. The zero-order valence-corrected chi connectivity index (χ0v) is 15.1. The zero-order chi connectivity index (χ0) is 18.0. The van der Waals surface area contributed by atoms with E-state index in [4.69, 9.17) is 9.47 Å². The molecule has 0 bridgehead atoms. The van der Waals surface area contributed by atoms with Crippen molar-refractivity contribution in [3.8, 4) is 5.75 Å². The summed E-state index contributed by atoms with van der Waals surface area (Å²) >= 11 is 0. The van der Waals surface area contributed by atoms with Gasteiger partial charge in [-0.3, -0.25) is 0 Å². The van der Waals surface area contributed by atoms with E-state index in [0.717, 1.165) is 17.7 Å². The van der Waals surface area contributed by atoms with E-state index < -0.39 is 0 Å². The van der Waals surface area contributed by atoms with Crippen LogP contribution in [0.3, 0.4) is 0 Å². The third kappa shape index (κ3) is 5.08. The highest BCUT2D eigenvalue weighted by Gasteiger charge is 2.06. The second-order valence-electron chi connectivity index (χ2n) is 6.04. The molecule has 0 radical (unpaired) electrons. The molecule has 0 saturated carbocycles. The maximum atomic E-state index is 5.82. The van der Waals surface area contributed by atoms with Crippen LogP contribution in [0.2, 0.25) is 0 Å². The van der Waals surface area contributed by atoms with Crippen LogP contribution in [0.5, 0.6) is 5.75 Å². The fourth-order valence-electron chi connectivity index (χ4n) is 2.86.